The van der Waals surface area contributed by atoms with Crippen molar-refractivity contribution in [2.75, 3.05) is 19.7 Å². The highest BCUT2D eigenvalue weighted by Crippen LogP contribution is 2.24. The van der Waals surface area contributed by atoms with E-state index in [1.165, 1.54) is 12.1 Å². The number of nitrogens with one attached hydrogen (secondary N) is 1. The summed E-state index contributed by atoms with van der Waals surface area (Å²) >= 11 is 0. The molecule has 1 fully saturated rings. The normalized spacial score (nSPS) is 18.6. The highest BCUT2D eigenvalue weighted by atomic mass is 19.1. The van der Waals surface area contributed by atoms with E-state index in [9.17, 15) is 13.6 Å². The summed E-state index contributed by atoms with van der Waals surface area (Å²) in [6.45, 7) is 3.09. The van der Waals surface area contributed by atoms with E-state index >= 15 is 0 Å². The van der Waals surface area contributed by atoms with E-state index in [4.69, 9.17) is 4.74 Å². The number of rotatable bonds is 4. The molecule has 0 bridgehead atoms. The summed E-state index contributed by atoms with van der Waals surface area (Å²) in [6, 6.07) is 2.58. The van der Waals surface area contributed by atoms with Crippen molar-refractivity contribution in [3.05, 3.63) is 53.4 Å². The summed E-state index contributed by atoms with van der Waals surface area (Å²) in [6.07, 6.45) is 3.82. The van der Waals surface area contributed by atoms with Gasteiger partial charge in [0, 0.05) is 37.0 Å². The fraction of sp³-hybridized carbons (Fsp3) is 0.444. The number of hydrogen-bond donors (Lipinski definition) is 1. The second kappa shape index (κ2) is 7.82. The van der Waals surface area contributed by atoms with Gasteiger partial charge in [-0.05, 0) is 12.5 Å². The first-order chi connectivity index (χ1) is 12.5. The highest BCUT2D eigenvalue weighted by molar-refractivity contribution is 5.75. The average Bonchev–Trinajstić information content (AvgIpc) is 3.06. The molecule has 1 N–H and O–H groups in total. The van der Waals surface area contributed by atoms with E-state index < -0.39 is 17.7 Å². The summed E-state index contributed by atoms with van der Waals surface area (Å²) in [5, 5.41) is 6.96. The Bertz CT molecular complexity index is 780. The van der Waals surface area contributed by atoms with E-state index in [2.05, 4.69) is 10.4 Å². The zero-order valence-corrected chi connectivity index (χ0v) is 14.8. The van der Waals surface area contributed by atoms with Gasteiger partial charge in [0.1, 0.15) is 17.7 Å². The quantitative estimate of drug-likeness (QED) is 0.908. The third kappa shape index (κ3) is 4.01. The number of morpholine rings is 1. The van der Waals surface area contributed by atoms with Crippen LogP contribution in [0.2, 0.25) is 0 Å². The first-order valence-corrected chi connectivity index (χ1v) is 8.58. The Morgan fingerprint density at radius 3 is 2.92 bits per heavy atom. The fourth-order valence-electron chi connectivity index (χ4n) is 3.07. The van der Waals surface area contributed by atoms with E-state index in [0.29, 0.717) is 26.1 Å². The van der Waals surface area contributed by atoms with Crippen LogP contribution >= 0.6 is 0 Å². The van der Waals surface area contributed by atoms with E-state index in [-0.39, 0.29) is 17.7 Å². The van der Waals surface area contributed by atoms with Crippen LogP contribution in [0, 0.1) is 11.6 Å². The zero-order chi connectivity index (χ0) is 18.7. The number of nitrogens with zero attached hydrogens (tertiary/aromatic N) is 3. The third-order valence-corrected chi connectivity index (χ3v) is 4.49. The Hall–Kier alpha value is -2.48. The molecule has 140 valence electrons. The molecule has 2 atom stereocenters. The molecule has 0 aliphatic carbocycles. The molecule has 0 radical (unpaired) electrons. The molecule has 1 aromatic heterocycles. The van der Waals surface area contributed by atoms with Gasteiger partial charge >= 0.3 is 6.03 Å². The summed E-state index contributed by atoms with van der Waals surface area (Å²) in [5.41, 5.74) is 1.18. The SMILES string of the molecule is CCC(NC(=O)N1CCOC(c2cnn(C)c2)C1)c1ccc(F)cc1F. The number of hydrogen-bond acceptors (Lipinski definition) is 3. The lowest BCUT2D eigenvalue weighted by Gasteiger charge is -2.33. The fourth-order valence-corrected chi connectivity index (χ4v) is 3.07. The Morgan fingerprint density at radius 1 is 1.46 bits per heavy atom. The molecule has 1 saturated heterocycles. The maximum Gasteiger partial charge on any atom is 0.318 e. The minimum Gasteiger partial charge on any atom is -0.370 e. The van der Waals surface area contributed by atoms with Crippen LogP contribution in [-0.4, -0.2) is 40.4 Å². The summed E-state index contributed by atoms with van der Waals surface area (Å²) in [4.78, 5) is 14.3. The van der Waals surface area contributed by atoms with Crippen molar-refractivity contribution >= 4 is 6.03 Å². The molecule has 0 saturated carbocycles. The predicted octanol–water partition coefficient (Wildman–Crippen LogP) is 2.93. The van der Waals surface area contributed by atoms with Crippen molar-refractivity contribution in [2.45, 2.75) is 25.5 Å². The minimum absolute atomic E-state index is 0.245. The number of carbonyl (C=O) groups is 1. The average molecular weight is 364 g/mol. The van der Waals surface area contributed by atoms with Crippen molar-refractivity contribution in [2.24, 2.45) is 7.05 Å². The van der Waals surface area contributed by atoms with E-state index in [1.54, 1.807) is 15.8 Å². The van der Waals surface area contributed by atoms with Gasteiger partial charge in [-0.2, -0.15) is 5.10 Å². The summed E-state index contributed by atoms with van der Waals surface area (Å²) in [5.74, 6) is -1.30. The first kappa shape index (κ1) is 18.3. The molecule has 6 nitrogen and oxygen atoms in total. The number of amides is 2. The number of halogens is 2. The van der Waals surface area contributed by atoms with Crippen molar-refractivity contribution in [1.82, 2.24) is 20.0 Å². The van der Waals surface area contributed by atoms with E-state index in [1.807, 2.05) is 20.2 Å². The van der Waals surface area contributed by atoms with Crippen LogP contribution in [-0.2, 0) is 11.8 Å². The lowest BCUT2D eigenvalue weighted by molar-refractivity contribution is -0.0158. The Kier molecular flexibility index (Phi) is 5.51. The first-order valence-electron chi connectivity index (χ1n) is 8.58. The molecule has 8 heteroatoms. The molecule has 1 aliphatic rings. The van der Waals surface area contributed by atoms with Crippen LogP contribution in [0.5, 0.6) is 0 Å². The maximum absolute atomic E-state index is 14.0. The van der Waals surface area contributed by atoms with Crippen LogP contribution < -0.4 is 5.32 Å². The van der Waals surface area contributed by atoms with Crippen LogP contribution in [0.1, 0.15) is 36.6 Å². The molecule has 0 spiro atoms. The van der Waals surface area contributed by atoms with Crippen molar-refractivity contribution in [3.63, 3.8) is 0 Å². The smallest absolute Gasteiger partial charge is 0.318 e. The molecule has 3 rings (SSSR count). The van der Waals surface area contributed by atoms with Crippen molar-refractivity contribution in [3.8, 4) is 0 Å². The van der Waals surface area contributed by atoms with Crippen molar-refractivity contribution < 1.29 is 18.3 Å². The lowest BCUT2D eigenvalue weighted by Crippen LogP contribution is -2.48. The monoisotopic (exact) mass is 364 g/mol. The third-order valence-electron chi connectivity index (χ3n) is 4.49. The molecule has 26 heavy (non-hydrogen) atoms. The van der Waals surface area contributed by atoms with Gasteiger partial charge < -0.3 is 15.0 Å². The number of aryl methyl sites for hydroxylation is 1. The second-order valence-corrected chi connectivity index (χ2v) is 6.33. The Balaban J connectivity index is 1.67. The Morgan fingerprint density at radius 2 is 2.27 bits per heavy atom. The molecule has 2 aromatic rings. The van der Waals surface area contributed by atoms with Gasteiger partial charge in [-0.1, -0.05) is 13.0 Å². The number of carbonyl (C=O) groups excluding carboxylic acids is 1. The molecular formula is C18H22F2N4O2. The van der Waals surface area contributed by atoms with Crippen LogP contribution in [0.3, 0.4) is 0 Å². The van der Waals surface area contributed by atoms with Gasteiger partial charge in [0.15, 0.2) is 0 Å². The summed E-state index contributed by atoms with van der Waals surface area (Å²) in [7, 11) is 1.82. The van der Waals surface area contributed by atoms with Gasteiger partial charge in [-0.25, -0.2) is 13.6 Å². The van der Waals surface area contributed by atoms with Crippen LogP contribution in [0.25, 0.3) is 0 Å². The van der Waals surface area contributed by atoms with Gasteiger partial charge in [0.25, 0.3) is 0 Å². The molecule has 2 amide bonds. The van der Waals surface area contributed by atoms with Crippen LogP contribution in [0.15, 0.2) is 30.6 Å². The number of benzene rings is 1. The number of aromatic nitrogens is 2. The molecule has 1 aromatic carbocycles. The zero-order valence-electron chi connectivity index (χ0n) is 14.8. The molecule has 2 heterocycles. The second-order valence-electron chi connectivity index (χ2n) is 6.33. The van der Waals surface area contributed by atoms with Crippen LogP contribution in [0.4, 0.5) is 13.6 Å². The molecule has 1 aliphatic heterocycles. The topological polar surface area (TPSA) is 59.4 Å². The molecule has 2 unspecified atom stereocenters. The minimum atomic E-state index is -0.660. The predicted molar refractivity (Wildman–Crippen MR) is 91.4 cm³/mol. The lowest BCUT2D eigenvalue weighted by atomic mass is 10.0. The number of urea groups is 1. The van der Waals surface area contributed by atoms with Crippen molar-refractivity contribution in [1.29, 1.82) is 0 Å². The Labute approximate surface area is 150 Å². The highest BCUT2D eigenvalue weighted by Gasteiger charge is 2.28. The maximum atomic E-state index is 14.0. The molecular weight excluding hydrogens is 342 g/mol. The van der Waals surface area contributed by atoms with Gasteiger partial charge in [0.05, 0.1) is 25.4 Å². The van der Waals surface area contributed by atoms with E-state index in [0.717, 1.165) is 11.6 Å². The summed E-state index contributed by atoms with van der Waals surface area (Å²) < 4.78 is 34.6. The number of ether oxygens (including phenoxy) is 1. The van der Waals surface area contributed by atoms with Gasteiger partial charge in [0.2, 0.25) is 0 Å². The van der Waals surface area contributed by atoms with Gasteiger partial charge in [-0.3, -0.25) is 4.68 Å². The largest absolute Gasteiger partial charge is 0.370 e. The standard InChI is InChI=1S/C18H22F2N4O2/c1-3-16(14-5-4-13(19)8-15(14)20)22-18(25)24-6-7-26-17(11-24)12-9-21-23(2)10-12/h4-5,8-10,16-17H,3,6-7,11H2,1-2H3,(H,22,25). The van der Waals surface area contributed by atoms with Gasteiger partial charge in [-0.15, -0.1) is 0 Å².